The van der Waals surface area contributed by atoms with Gasteiger partial charge in [-0.1, -0.05) is 12.1 Å². The highest BCUT2D eigenvalue weighted by Gasteiger charge is 2.29. The van der Waals surface area contributed by atoms with Crippen LogP contribution in [0.2, 0.25) is 0 Å². The third kappa shape index (κ3) is 3.85. The molecule has 2 saturated heterocycles. The zero-order valence-electron chi connectivity index (χ0n) is 15.2. The van der Waals surface area contributed by atoms with Gasteiger partial charge in [0.2, 0.25) is 0 Å². The molecule has 8 heteroatoms. The topological polar surface area (TPSA) is 86.4 Å². The Hall–Kier alpha value is -2.35. The minimum atomic E-state index is -2.96. The smallest absolute Gasteiger partial charge is 0.255 e. The van der Waals surface area contributed by atoms with Crippen molar-refractivity contribution in [2.45, 2.75) is 18.8 Å². The quantitative estimate of drug-likeness (QED) is 0.864. The Morgan fingerprint density at radius 1 is 1.11 bits per heavy atom. The highest BCUT2D eigenvalue weighted by molar-refractivity contribution is 7.91. The van der Waals surface area contributed by atoms with E-state index in [1.54, 1.807) is 6.20 Å². The van der Waals surface area contributed by atoms with Gasteiger partial charge in [-0.3, -0.25) is 9.89 Å². The number of rotatable bonds is 3. The number of carbonyl (C=O) groups is 1. The van der Waals surface area contributed by atoms with E-state index in [0.717, 1.165) is 30.8 Å². The van der Waals surface area contributed by atoms with E-state index in [-0.39, 0.29) is 23.3 Å². The lowest BCUT2D eigenvalue weighted by Crippen LogP contribution is -2.43. The molecular weight excluding hydrogens is 364 g/mol. The number of hydrogen-bond donors (Lipinski definition) is 1. The van der Waals surface area contributed by atoms with Gasteiger partial charge in [0.25, 0.3) is 5.91 Å². The minimum Gasteiger partial charge on any atom is -0.369 e. The Bertz CT molecular complexity index is 897. The number of nitrogens with one attached hydrogen (secondary N) is 1. The summed E-state index contributed by atoms with van der Waals surface area (Å²) in [5.41, 5.74) is 2.56. The molecule has 1 atom stereocenters. The summed E-state index contributed by atoms with van der Waals surface area (Å²) < 4.78 is 23.5. The summed E-state index contributed by atoms with van der Waals surface area (Å²) in [5.74, 6) is 0.572. The number of benzene rings is 1. The molecule has 0 saturated carbocycles. The largest absolute Gasteiger partial charge is 0.369 e. The molecule has 0 radical (unpaired) electrons. The molecule has 27 heavy (non-hydrogen) atoms. The molecule has 0 aliphatic carbocycles. The highest BCUT2D eigenvalue weighted by Crippen LogP contribution is 2.29. The van der Waals surface area contributed by atoms with Gasteiger partial charge in [-0.25, -0.2) is 8.42 Å². The first-order chi connectivity index (χ1) is 13.0. The van der Waals surface area contributed by atoms with Crippen LogP contribution in [0, 0.1) is 0 Å². The monoisotopic (exact) mass is 388 g/mol. The first-order valence-electron chi connectivity index (χ1n) is 9.36. The van der Waals surface area contributed by atoms with Gasteiger partial charge in [-0.15, -0.1) is 0 Å². The molecule has 1 amide bonds. The number of aromatic amines is 1. The van der Waals surface area contributed by atoms with E-state index < -0.39 is 9.84 Å². The lowest BCUT2D eigenvalue weighted by molar-refractivity contribution is 0.0706. The van der Waals surface area contributed by atoms with Crippen LogP contribution in [0.4, 0.5) is 5.69 Å². The van der Waals surface area contributed by atoms with Crippen LogP contribution in [-0.2, 0) is 9.84 Å². The van der Waals surface area contributed by atoms with Crippen LogP contribution in [0.15, 0.2) is 36.5 Å². The number of hydrogen-bond acceptors (Lipinski definition) is 5. The summed E-state index contributed by atoms with van der Waals surface area (Å²) in [6, 6.07) is 9.51. The van der Waals surface area contributed by atoms with Crippen LogP contribution in [0.25, 0.3) is 0 Å². The van der Waals surface area contributed by atoms with Gasteiger partial charge in [0, 0.05) is 49.7 Å². The lowest BCUT2D eigenvalue weighted by Gasteiger charge is -2.34. The lowest BCUT2D eigenvalue weighted by atomic mass is 9.94. The van der Waals surface area contributed by atoms with Gasteiger partial charge in [0.15, 0.2) is 9.84 Å². The maximum Gasteiger partial charge on any atom is 0.255 e. The second-order valence-electron chi connectivity index (χ2n) is 7.26. The number of sulfone groups is 1. The maximum atomic E-state index is 13.3. The van der Waals surface area contributed by atoms with Gasteiger partial charge in [-0.2, -0.15) is 5.10 Å². The van der Waals surface area contributed by atoms with Gasteiger partial charge >= 0.3 is 0 Å². The Balaban J connectivity index is 1.54. The summed E-state index contributed by atoms with van der Waals surface area (Å²) in [7, 11) is -2.96. The number of aromatic nitrogens is 2. The number of nitrogens with zero attached hydrogens (tertiary/aromatic N) is 3. The van der Waals surface area contributed by atoms with Crippen molar-refractivity contribution < 1.29 is 13.2 Å². The molecule has 144 valence electrons. The average Bonchev–Trinajstić information content (AvgIpc) is 3.22. The summed E-state index contributed by atoms with van der Waals surface area (Å²) in [4.78, 5) is 17.2. The number of amides is 1. The molecule has 2 aliphatic heterocycles. The van der Waals surface area contributed by atoms with Gasteiger partial charge in [0.05, 0.1) is 17.1 Å². The molecule has 2 aliphatic rings. The van der Waals surface area contributed by atoms with E-state index in [9.17, 15) is 13.2 Å². The summed E-state index contributed by atoms with van der Waals surface area (Å²) >= 11 is 0. The predicted molar refractivity (Wildman–Crippen MR) is 104 cm³/mol. The molecule has 0 spiro atoms. The van der Waals surface area contributed by atoms with Crippen molar-refractivity contribution in [3.8, 4) is 0 Å². The summed E-state index contributed by atoms with van der Waals surface area (Å²) in [6.07, 6.45) is 3.74. The molecule has 2 aromatic rings. The predicted octanol–water partition coefficient (Wildman–Crippen LogP) is 1.66. The van der Waals surface area contributed by atoms with E-state index in [4.69, 9.17) is 0 Å². The summed E-state index contributed by atoms with van der Waals surface area (Å²) in [5, 5.41) is 7.05. The molecule has 1 aromatic heterocycles. The molecule has 1 N–H and O–H groups in total. The standard InChI is InChI=1S/C19H24N4O3S/c24-19(23-9-3-4-15(14-23)17-7-8-20-21-17)16-5-1-2-6-18(16)22-10-12-27(25,26)13-11-22/h1-2,5-8,15H,3-4,9-14H2,(H,20,21)/t15-/m0/s1. The van der Waals surface area contributed by atoms with Crippen molar-refractivity contribution in [1.29, 1.82) is 0 Å². The van der Waals surface area contributed by atoms with Crippen molar-refractivity contribution in [1.82, 2.24) is 15.1 Å². The van der Waals surface area contributed by atoms with E-state index in [0.29, 0.717) is 25.2 Å². The van der Waals surface area contributed by atoms with Crippen LogP contribution >= 0.6 is 0 Å². The first kappa shape index (κ1) is 18.0. The zero-order valence-corrected chi connectivity index (χ0v) is 16.0. The normalized spacial score (nSPS) is 22.6. The fraction of sp³-hybridized carbons (Fsp3) is 0.474. The molecule has 7 nitrogen and oxygen atoms in total. The van der Waals surface area contributed by atoms with E-state index >= 15 is 0 Å². The fourth-order valence-corrected chi connectivity index (χ4v) is 5.16. The number of para-hydroxylation sites is 1. The number of piperidine rings is 1. The molecule has 3 heterocycles. The summed E-state index contributed by atoms with van der Waals surface area (Å²) in [6.45, 7) is 2.28. The average molecular weight is 388 g/mol. The van der Waals surface area contributed by atoms with Crippen LogP contribution in [0.3, 0.4) is 0 Å². The van der Waals surface area contributed by atoms with E-state index in [1.165, 1.54) is 0 Å². The maximum absolute atomic E-state index is 13.3. The van der Waals surface area contributed by atoms with E-state index in [2.05, 4.69) is 10.2 Å². The van der Waals surface area contributed by atoms with Crippen LogP contribution < -0.4 is 4.90 Å². The van der Waals surface area contributed by atoms with Gasteiger partial charge in [0.1, 0.15) is 0 Å². The molecule has 0 unspecified atom stereocenters. The minimum absolute atomic E-state index is 0.0169. The number of likely N-dealkylation sites (tertiary alicyclic amines) is 1. The van der Waals surface area contributed by atoms with Crippen molar-refractivity contribution in [2.75, 3.05) is 42.6 Å². The number of anilines is 1. The van der Waals surface area contributed by atoms with Gasteiger partial charge < -0.3 is 9.80 Å². The third-order valence-corrected chi connectivity index (χ3v) is 7.10. The molecular formula is C19H24N4O3S. The van der Waals surface area contributed by atoms with E-state index in [1.807, 2.05) is 40.1 Å². The second kappa shape index (κ2) is 7.34. The van der Waals surface area contributed by atoms with Crippen LogP contribution in [0.5, 0.6) is 0 Å². The molecule has 4 rings (SSSR count). The Kier molecular flexibility index (Phi) is 4.90. The van der Waals surface area contributed by atoms with Crippen molar-refractivity contribution in [3.05, 3.63) is 47.8 Å². The van der Waals surface area contributed by atoms with Crippen LogP contribution in [-0.4, -0.2) is 67.1 Å². The SMILES string of the molecule is O=C(c1ccccc1N1CCS(=O)(=O)CC1)N1CCC[C@H](c2ccn[nH]2)C1. The van der Waals surface area contributed by atoms with Crippen molar-refractivity contribution in [2.24, 2.45) is 0 Å². The molecule has 0 bridgehead atoms. The number of H-pyrrole nitrogens is 1. The second-order valence-corrected chi connectivity index (χ2v) is 9.56. The first-order valence-corrected chi connectivity index (χ1v) is 11.2. The zero-order chi connectivity index (χ0) is 18.9. The fourth-order valence-electron chi connectivity index (χ4n) is 3.96. The molecule has 1 aromatic carbocycles. The van der Waals surface area contributed by atoms with Crippen LogP contribution in [0.1, 0.15) is 34.8 Å². The molecule has 2 fully saturated rings. The Morgan fingerprint density at radius 2 is 1.89 bits per heavy atom. The van der Waals surface area contributed by atoms with Gasteiger partial charge in [-0.05, 0) is 31.0 Å². The van der Waals surface area contributed by atoms with Crippen molar-refractivity contribution in [3.63, 3.8) is 0 Å². The highest BCUT2D eigenvalue weighted by atomic mass is 32.2. The third-order valence-electron chi connectivity index (χ3n) is 5.49. The number of carbonyl (C=O) groups excluding carboxylic acids is 1. The van der Waals surface area contributed by atoms with Crippen molar-refractivity contribution >= 4 is 21.4 Å². The Labute approximate surface area is 159 Å². The Morgan fingerprint density at radius 3 is 2.63 bits per heavy atom.